The maximum atomic E-state index is 13.0. The second kappa shape index (κ2) is 13.2. The normalized spacial score (nSPS) is 17.7. The molecule has 2 aliphatic heterocycles. The van der Waals surface area contributed by atoms with Crippen LogP contribution in [0.25, 0.3) is 21.8 Å². The van der Waals surface area contributed by atoms with Crippen LogP contribution in [0, 0.1) is 0 Å². The number of para-hydroxylation sites is 2. The van der Waals surface area contributed by atoms with E-state index in [1.54, 1.807) is 11.0 Å². The van der Waals surface area contributed by atoms with Crippen molar-refractivity contribution in [2.45, 2.75) is 31.6 Å². The van der Waals surface area contributed by atoms with Crippen LogP contribution in [0.5, 0.6) is 0 Å². The highest BCUT2D eigenvalue weighted by atomic mass is 35.5. The molecule has 0 spiro atoms. The maximum Gasteiger partial charge on any atom is 0.254 e. The Morgan fingerprint density at radius 1 is 0.690 bits per heavy atom. The molecule has 8 nitrogen and oxygen atoms in total. The van der Waals surface area contributed by atoms with Crippen molar-refractivity contribution in [2.24, 2.45) is 0 Å². The topological polar surface area (TPSA) is 84.9 Å². The molecule has 3 aliphatic rings. The van der Waals surface area contributed by atoms with Crippen molar-refractivity contribution >= 4 is 45.2 Å². The molecule has 218 valence electrons. The highest BCUT2D eigenvalue weighted by molar-refractivity contribution is 6.30. The molecule has 9 heteroatoms. The number of fused-ring (bicyclic) bond motifs is 2. The third kappa shape index (κ3) is 6.26. The molecular weight excluding hydrogens is 552 g/mol. The number of carbonyl (C=O) groups excluding carboxylic acids is 2. The van der Waals surface area contributed by atoms with Gasteiger partial charge in [0.2, 0.25) is 0 Å². The van der Waals surface area contributed by atoms with Gasteiger partial charge in [0, 0.05) is 48.6 Å². The Labute approximate surface area is 250 Å². The van der Waals surface area contributed by atoms with Crippen LogP contribution in [0.1, 0.15) is 58.0 Å². The minimum atomic E-state index is -0.0104. The van der Waals surface area contributed by atoms with Crippen LogP contribution in [0.4, 0.5) is 0 Å². The van der Waals surface area contributed by atoms with Crippen molar-refractivity contribution in [1.82, 2.24) is 19.8 Å². The van der Waals surface area contributed by atoms with Gasteiger partial charge in [-0.3, -0.25) is 14.6 Å². The lowest BCUT2D eigenvalue weighted by Gasteiger charge is -2.27. The van der Waals surface area contributed by atoms with Gasteiger partial charge in [0.25, 0.3) is 11.8 Å². The zero-order valence-corrected chi connectivity index (χ0v) is 24.4. The van der Waals surface area contributed by atoms with E-state index in [-0.39, 0.29) is 11.8 Å². The van der Waals surface area contributed by atoms with Crippen LogP contribution in [-0.4, -0.2) is 84.2 Å². The van der Waals surface area contributed by atoms with Gasteiger partial charge in [0.15, 0.2) is 0 Å². The summed E-state index contributed by atoms with van der Waals surface area (Å²) in [6, 6.07) is 19.2. The van der Waals surface area contributed by atoms with E-state index in [1.807, 2.05) is 53.4 Å². The monoisotopic (exact) mass is 586 g/mol. The average molecular weight is 587 g/mol. The molecule has 7 rings (SSSR count). The summed E-state index contributed by atoms with van der Waals surface area (Å²) in [6.45, 7) is 5.02. The number of amides is 2. The van der Waals surface area contributed by atoms with Crippen molar-refractivity contribution in [3.8, 4) is 0 Å². The number of benzene rings is 2. The summed E-state index contributed by atoms with van der Waals surface area (Å²) >= 11 is 6.00. The van der Waals surface area contributed by atoms with Crippen LogP contribution in [0.2, 0.25) is 5.15 Å². The lowest BCUT2D eigenvalue weighted by atomic mass is 9.98. The minimum absolute atomic E-state index is 0.0104. The first-order chi connectivity index (χ1) is 20.6. The van der Waals surface area contributed by atoms with Crippen LogP contribution in [0.3, 0.4) is 0 Å². The summed E-state index contributed by atoms with van der Waals surface area (Å²) in [6.07, 6.45) is 4.92. The summed E-state index contributed by atoms with van der Waals surface area (Å²) in [4.78, 5) is 38.4. The lowest BCUT2D eigenvalue weighted by Crippen LogP contribution is -2.40. The van der Waals surface area contributed by atoms with E-state index in [1.165, 1.54) is 25.7 Å². The van der Waals surface area contributed by atoms with Gasteiger partial charge in [0.1, 0.15) is 5.15 Å². The molecule has 4 heterocycles. The van der Waals surface area contributed by atoms with Crippen molar-refractivity contribution < 1.29 is 19.1 Å². The van der Waals surface area contributed by atoms with E-state index in [4.69, 9.17) is 26.1 Å². The lowest BCUT2D eigenvalue weighted by molar-refractivity contribution is 0.0302. The predicted octanol–water partition coefficient (Wildman–Crippen LogP) is 5.73. The SMILES string of the molecule is O=C(c1cc(C2CCCC2)nc2ccccc12)N1CCOCC1.O=C(c1cc(Cl)nc2ccccc12)N1CCOCC1. The van der Waals surface area contributed by atoms with E-state index in [0.29, 0.717) is 69.2 Å². The van der Waals surface area contributed by atoms with Crippen LogP contribution >= 0.6 is 11.6 Å². The summed E-state index contributed by atoms with van der Waals surface area (Å²) in [5.74, 6) is 0.616. The molecule has 3 fully saturated rings. The number of morpholine rings is 2. The molecule has 1 saturated carbocycles. The van der Waals surface area contributed by atoms with Crippen molar-refractivity contribution in [3.05, 3.63) is 82.6 Å². The number of hydrogen-bond donors (Lipinski definition) is 0. The Kier molecular flexibility index (Phi) is 8.93. The molecule has 1 aliphatic carbocycles. The first-order valence-electron chi connectivity index (χ1n) is 14.8. The van der Waals surface area contributed by atoms with E-state index >= 15 is 0 Å². The second-order valence-electron chi connectivity index (χ2n) is 10.9. The van der Waals surface area contributed by atoms with Gasteiger partial charge >= 0.3 is 0 Å². The summed E-state index contributed by atoms with van der Waals surface area (Å²) < 4.78 is 10.6. The zero-order chi connectivity index (χ0) is 28.9. The second-order valence-corrected chi connectivity index (χ2v) is 11.3. The number of nitrogens with zero attached hydrogens (tertiary/aromatic N) is 4. The van der Waals surface area contributed by atoms with Gasteiger partial charge in [-0.05, 0) is 37.1 Å². The van der Waals surface area contributed by atoms with Crippen LogP contribution in [0.15, 0.2) is 60.7 Å². The first-order valence-corrected chi connectivity index (χ1v) is 15.2. The van der Waals surface area contributed by atoms with Gasteiger partial charge in [-0.15, -0.1) is 0 Å². The summed E-state index contributed by atoms with van der Waals surface area (Å²) in [7, 11) is 0. The van der Waals surface area contributed by atoms with Crippen molar-refractivity contribution in [3.63, 3.8) is 0 Å². The molecule has 2 amide bonds. The number of aromatic nitrogens is 2. The zero-order valence-electron chi connectivity index (χ0n) is 23.6. The minimum Gasteiger partial charge on any atom is -0.378 e. The number of halogens is 1. The average Bonchev–Trinajstić information content (AvgIpc) is 3.60. The fraction of sp³-hybridized carbons (Fsp3) is 0.394. The molecule has 2 aromatic heterocycles. The Morgan fingerprint density at radius 3 is 1.71 bits per heavy atom. The maximum absolute atomic E-state index is 13.0. The smallest absolute Gasteiger partial charge is 0.254 e. The van der Waals surface area contributed by atoms with E-state index < -0.39 is 0 Å². The highest BCUT2D eigenvalue weighted by Crippen LogP contribution is 2.35. The Morgan fingerprint density at radius 2 is 1.17 bits per heavy atom. The van der Waals surface area contributed by atoms with Gasteiger partial charge in [-0.2, -0.15) is 0 Å². The van der Waals surface area contributed by atoms with E-state index in [2.05, 4.69) is 11.1 Å². The van der Waals surface area contributed by atoms with Gasteiger partial charge in [-0.1, -0.05) is 60.8 Å². The predicted molar refractivity (Wildman–Crippen MR) is 163 cm³/mol. The molecule has 2 aromatic carbocycles. The number of ether oxygens (including phenoxy) is 2. The molecule has 0 unspecified atom stereocenters. The molecule has 0 N–H and O–H groups in total. The van der Waals surface area contributed by atoms with E-state index in [9.17, 15) is 9.59 Å². The first kappa shape index (κ1) is 28.5. The fourth-order valence-electron chi connectivity index (χ4n) is 6.00. The highest BCUT2D eigenvalue weighted by Gasteiger charge is 2.25. The molecule has 4 aromatic rings. The molecular formula is C33H35ClN4O4. The van der Waals surface area contributed by atoms with Gasteiger partial charge in [-0.25, -0.2) is 4.98 Å². The number of hydrogen-bond acceptors (Lipinski definition) is 6. The standard InChI is InChI=1S/C19H22N2O2.C14H13ClN2O2/c22-19(21-9-11-23-12-10-21)16-13-18(14-5-1-2-6-14)20-17-8-4-3-7-15(16)17;15-13-9-11(10-3-1-2-4-12(10)16-13)14(18)17-5-7-19-8-6-17/h3-4,7-8,13-14H,1-2,5-6,9-12H2;1-4,9H,5-8H2. The third-order valence-electron chi connectivity index (χ3n) is 8.25. The van der Waals surface area contributed by atoms with Gasteiger partial charge < -0.3 is 19.3 Å². The molecule has 0 atom stereocenters. The van der Waals surface area contributed by atoms with E-state index in [0.717, 1.165) is 33.1 Å². The Bertz CT molecular complexity index is 1580. The number of rotatable bonds is 3. The molecule has 0 radical (unpaired) electrons. The Balaban J connectivity index is 0.000000153. The Hall–Kier alpha value is -3.59. The van der Waals surface area contributed by atoms with Crippen LogP contribution < -0.4 is 0 Å². The quantitative estimate of drug-likeness (QED) is 0.285. The largest absolute Gasteiger partial charge is 0.378 e. The van der Waals surface area contributed by atoms with Crippen LogP contribution in [-0.2, 0) is 9.47 Å². The number of pyridine rings is 2. The van der Waals surface area contributed by atoms with Crippen molar-refractivity contribution in [2.75, 3.05) is 52.6 Å². The number of carbonyl (C=O) groups is 2. The summed E-state index contributed by atoms with van der Waals surface area (Å²) in [5, 5.41) is 2.14. The fourth-order valence-corrected chi connectivity index (χ4v) is 6.20. The summed E-state index contributed by atoms with van der Waals surface area (Å²) in [5.41, 5.74) is 4.19. The molecule has 2 saturated heterocycles. The molecule has 42 heavy (non-hydrogen) atoms. The van der Waals surface area contributed by atoms with Gasteiger partial charge in [0.05, 0.1) is 48.6 Å². The molecule has 0 bridgehead atoms. The van der Waals surface area contributed by atoms with Crippen molar-refractivity contribution in [1.29, 1.82) is 0 Å². The third-order valence-corrected chi connectivity index (χ3v) is 8.45.